The number of rotatable bonds is 1. The van der Waals surface area contributed by atoms with Crippen LogP contribution >= 0.6 is 0 Å². The lowest BCUT2D eigenvalue weighted by molar-refractivity contribution is -0.0392. The normalized spacial score (nSPS) is 10.6. The summed E-state index contributed by atoms with van der Waals surface area (Å²) in [6.45, 7) is 4.78. The van der Waals surface area contributed by atoms with Gasteiger partial charge in [0.1, 0.15) is 11.4 Å². The van der Waals surface area contributed by atoms with Crippen LogP contribution in [-0.2, 0) is 4.74 Å². The Balaban J connectivity index is 3.01. The van der Waals surface area contributed by atoms with E-state index >= 15 is 0 Å². The molecule has 1 rings (SSSR count). The Labute approximate surface area is 131 Å². The first-order valence-electron chi connectivity index (χ1n) is 6.42. The van der Waals surface area contributed by atoms with Gasteiger partial charge in [-0.25, -0.2) is 20.9 Å². The molecule has 0 aliphatic carbocycles. The van der Waals surface area contributed by atoms with Gasteiger partial charge in [0.15, 0.2) is 0 Å². The number of hydrogen-bond donors (Lipinski definition) is 4. The molecule has 126 valence electrons. The molecule has 0 spiro atoms. The highest BCUT2D eigenvalue weighted by Gasteiger charge is 2.28. The van der Waals surface area contributed by atoms with Gasteiger partial charge in [-0.1, -0.05) is 0 Å². The number of hydrogen-bond acceptors (Lipinski definition) is 6. The van der Waals surface area contributed by atoms with Crippen molar-refractivity contribution >= 4 is 18.1 Å². The maximum absolute atomic E-state index is 12.3. The molecule has 23 heavy (non-hydrogen) atoms. The average Bonchev–Trinajstić information content (AvgIpc) is 2.42. The van der Waals surface area contributed by atoms with Gasteiger partial charge >= 0.3 is 12.2 Å². The third-order valence-corrected chi connectivity index (χ3v) is 2.31. The van der Waals surface area contributed by atoms with Crippen LogP contribution in [0.2, 0.25) is 0 Å². The topological polar surface area (TPSA) is 145 Å². The number of nitrogens with two attached hydrogens (primary N) is 1. The Morgan fingerprint density at radius 3 is 2.13 bits per heavy atom. The smallest absolute Gasteiger partial charge is 0.443 e. The lowest BCUT2D eigenvalue weighted by Crippen LogP contribution is -2.61. The average molecular weight is 326 g/mol. The van der Waals surface area contributed by atoms with Crippen LogP contribution in [0.3, 0.4) is 0 Å². The van der Waals surface area contributed by atoms with E-state index < -0.39 is 23.7 Å². The monoisotopic (exact) mass is 326 g/mol. The predicted molar refractivity (Wildman–Crippen MR) is 77.7 cm³/mol. The molecule has 1 aromatic carbocycles. The van der Waals surface area contributed by atoms with Crippen LogP contribution in [0, 0.1) is 0 Å². The third-order valence-electron chi connectivity index (χ3n) is 2.31. The Morgan fingerprint density at radius 2 is 1.70 bits per heavy atom. The van der Waals surface area contributed by atoms with E-state index in [-0.39, 0.29) is 21.5 Å². The number of carbonyl (C=O) groups is 3. The third kappa shape index (κ3) is 5.36. The quantitative estimate of drug-likeness (QED) is 0.342. The summed E-state index contributed by atoms with van der Waals surface area (Å²) in [6.07, 6.45) is -2.76. The first-order valence-corrected chi connectivity index (χ1v) is 6.42. The molecule has 5 N–H and O–H groups in total. The minimum atomic E-state index is -1.69. The van der Waals surface area contributed by atoms with Gasteiger partial charge in [0.05, 0.1) is 0 Å². The fourth-order valence-corrected chi connectivity index (χ4v) is 1.40. The molecule has 0 bridgehead atoms. The molecule has 0 aliphatic heterocycles. The van der Waals surface area contributed by atoms with Gasteiger partial charge in [0.25, 0.3) is 5.91 Å². The minimum Gasteiger partial charge on any atom is -0.508 e. The zero-order chi connectivity index (χ0) is 17.8. The number of aromatic hydroxyl groups is 1. The number of carbonyl (C=O) groups excluding carboxylic acids is 2. The number of benzene rings is 1. The van der Waals surface area contributed by atoms with Crippen molar-refractivity contribution in [3.8, 4) is 5.75 Å². The maximum Gasteiger partial charge on any atom is 0.443 e. The van der Waals surface area contributed by atoms with Crippen molar-refractivity contribution in [3.05, 3.63) is 29.8 Å². The fraction of sp³-hybridized carbons (Fsp3) is 0.308. The Morgan fingerprint density at radius 1 is 1.17 bits per heavy atom. The predicted octanol–water partition coefficient (Wildman–Crippen LogP) is 1.04. The lowest BCUT2D eigenvalue weighted by atomic mass is 10.2. The molecule has 0 atom stereocenters. The van der Waals surface area contributed by atoms with Gasteiger partial charge in [-0.05, 0) is 45.0 Å². The Kier molecular flexibility index (Phi) is 5.36. The molecule has 0 fully saturated rings. The number of nitrogens with zero attached hydrogens (tertiary/aromatic N) is 2. The standard InChI is InChI=1S/C13H18N4O6/c1-13(2,3)23-11(20)15-17(16(14)12(21)22)10(19)8-4-6-9(18)7-5-8/h4-7,18H,14H2,1-3H3,(H,15,20)(H,21,22). The summed E-state index contributed by atoms with van der Waals surface area (Å²) in [5, 5.41) is 18.4. The van der Waals surface area contributed by atoms with Crippen molar-refractivity contribution in [2.45, 2.75) is 26.4 Å². The Bertz CT molecular complexity index is 595. The van der Waals surface area contributed by atoms with E-state index in [9.17, 15) is 19.5 Å². The van der Waals surface area contributed by atoms with E-state index in [0.717, 1.165) is 0 Å². The van der Waals surface area contributed by atoms with E-state index in [4.69, 9.17) is 15.7 Å². The number of hydrazine groups is 3. The van der Waals surface area contributed by atoms with Gasteiger partial charge in [0.2, 0.25) is 0 Å². The summed E-state index contributed by atoms with van der Waals surface area (Å²) in [5.41, 5.74) is 1.07. The molecule has 0 aliphatic rings. The van der Waals surface area contributed by atoms with Crippen LogP contribution < -0.4 is 11.3 Å². The van der Waals surface area contributed by atoms with Gasteiger partial charge in [0, 0.05) is 5.56 Å². The summed E-state index contributed by atoms with van der Waals surface area (Å²) in [6, 6.07) is 4.91. The first-order chi connectivity index (χ1) is 10.5. The van der Waals surface area contributed by atoms with Crippen molar-refractivity contribution in [2.75, 3.05) is 0 Å². The van der Waals surface area contributed by atoms with Crippen molar-refractivity contribution in [1.82, 2.24) is 15.7 Å². The highest BCUT2D eigenvalue weighted by atomic mass is 16.6. The van der Waals surface area contributed by atoms with E-state index in [2.05, 4.69) is 0 Å². The molecular weight excluding hydrogens is 308 g/mol. The van der Waals surface area contributed by atoms with Crippen molar-refractivity contribution < 1.29 is 29.3 Å². The highest BCUT2D eigenvalue weighted by molar-refractivity contribution is 5.95. The molecule has 1 aromatic rings. The molecule has 10 heteroatoms. The van der Waals surface area contributed by atoms with Crippen molar-refractivity contribution in [2.24, 2.45) is 5.84 Å². The van der Waals surface area contributed by atoms with Crippen molar-refractivity contribution in [3.63, 3.8) is 0 Å². The summed E-state index contributed by atoms with van der Waals surface area (Å²) >= 11 is 0. The summed E-state index contributed by atoms with van der Waals surface area (Å²) in [4.78, 5) is 35.0. The van der Waals surface area contributed by atoms with Crippen LogP contribution in [0.1, 0.15) is 31.1 Å². The van der Waals surface area contributed by atoms with Gasteiger partial charge in [-0.2, -0.15) is 0 Å². The molecule has 0 saturated carbocycles. The lowest BCUT2D eigenvalue weighted by Gasteiger charge is -2.29. The van der Waals surface area contributed by atoms with E-state index in [0.29, 0.717) is 0 Å². The number of carboxylic acid groups (broad SMARTS) is 1. The molecular formula is C13H18N4O6. The second-order valence-electron chi connectivity index (χ2n) is 5.40. The number of ether oxygens (including phenoxy) is 1. The summed E-state index contributed by atoms with van der Waals surface area (Å²) < 4.78 is 4.94. The number of phenols is 1. The second kappa shape index (κ2) is 6.83. The Hall–Kier alpha value is -3.01. The van der Waals surface area contributed by atoms with Crippen LogP contribution in [0.4, 0.5) is 9.59 Å². The van der Waals surface area contributed by atoms with Crippen molar-refractivity contribution in [1.29, 1.82) is 0 Å². The summed E-state index contributed by atoms with van der Waals surface area (Å²) in [5.74, 6) is 4.23. The first kappa shape index (κ1) is 18.0. The van der Waals surface area contributed by atoms with E-state index in [1.165, 1.54) is 24.3 Å². The maximum atomic E-state index is 12.3. The second-order valence-corrected chi connectivity index (χ2v) is 5.40. The SMILES string of the molecule is CC(C)(C)OC(=O)NN(C(=O)c1ccc(O)cc1)N(N)C(=O)O. The van der Waals surface area contributed by atoms with Crippen LogP contribution in [0.5, 0.6) is 5.75 Å². The zero-order valence-electron chi connectivity index (χ0n) is 12.8. The highest BCUT2D eigenvalue weighted by Crippen LogP contribution is 2.12. The molecule has 0 heterocycles. The molecule has 0 aromatic heterocycles. The van der Waals surface area contributed by atoms with E-state index in [1.807, 2.05) is 5.43 Å². The van der Waals surface area contributed by atoms with Crippen LogP contribution in [0.15, 0.2) is 24.3 Å². The van der Waals surface area contributed by atoms with Crippen LogP contribution in [-0.4, -0.2) is 44.1 Å². The molecule has 0 radical (unpaired) electrons. The zero-order valence-corrected chi connectivity index (χ0v) is 12.8. The number of nitrogens with one attached hydrogen (secondary N) is 1. The molecule has 10 nitrogen and oxygen atoms in total. The molecule has 0 saturated heterocycles. The molecule has 0 unspecified atom stereocenters. The van der Waals surface area contributed by atoms with Gasteiger partial charge in [-0.3, -0.25) is 4.79 Å². The largest absolute Gasteiger partial charge is 0.508 e. The van der Waals surface area contributed by atoms with Crippen LogP contribution in [0.25, 0.3) is 0 Å². The van der Waals surface area contributed by atoms with Gasteiger partial charge < -0.3 is 14.9 Å². The number of amides is 3. The van der Waals surface area contributed by atoms with Gasteiger partial charge in [-0.15, -0.1) is 10.2 Å². The minimum absolute atomic E-state index is 0.000882. The molecule has 3 amide bonds. The number of phenolic OH excluding ortho intramolecular Hbond substituents is 1. The summed E-state index contributed by atoms with van der Waals surface area (Å²) in [7, 11) is 0. The fourth-order valence-electron chi connectivity index (χ4n) is 1.40. The van der Waals surface area contributed by atoms with E-state index in [1.54, 1.807) is 20.8 Å².